The van der Waals surface area contributed by atoms with E-state index in [0.717, 1.165) is 35.2 Å². The van der Waals surface area contributed by atoms with Crippen LogP contribution in [0.2, 0.25) is 0 Å². The monoisotopic (exact) mass is 336 g/mol. The zero-order chi connectivity index (χ0) is 17.4. The van der Waals surface area contributed by atoms with E-state index >= 15 is 0 Å². The van der Waals surface area contributed by atoms with Gasteiger partial charge in [-0.25, -0.2) is 4.79 Å². The predicted octanol–water partition coefficient (Wildman–Crippen LogP) is 4.25. The number of fused-ring (bicyclic) bond motifs is 5. The second-order valence-electron chi connectivity index (χ2n) is 6.14. The summed E-state index contributed by atoms with van der Waals surface area (Å²) >= 11 is 0. The molecule has 0 N–H and O–H groups in total. The van der Waals surface area contributed by atoms with Crippen LogP contribution in [0.25, 0.3) is 21.8 Å². The number of rotatable bonds is 4. The number of hydrogen-bond acceptors (Lipinski definition) is 4. The number of hydrogen-bond donors (Lipinski definition) is 0. The number of nitrogens with zero attached hydrogens (tertiary/aromatic N) is 2. The van der Waals surface area contributed by atoms with Gasteiger partial charge < -0.3 is 14.1 Å². The molecule has 1 aromatic heterocycles. The van der Waals surface area contributed by atoms with E-state index in [0.29, 0.717) is 18.7 Å². The second kappa shape index (κ2) is 6.24. The summed E-state index contributed by atoms with van der Waals surface area (Å²) in [4.78, 5) is 16.6. The Kier molecular flexibility index (Phi) is 3.92. The number of aromatic nitrogens is 1. The average Bonchev–Trinajstić information content (AvgIpc) is 3.18. The fraction of sp³-hybridized carbons (Fsp3) is 0.300. The molecule has 0 bridgehead atoms. The molecule has 0 amide bonds. The molecule has 2 heterocycles. The Hall–Kier alpha value is -2.82. The maximum Gasteiger partial charge on any atom is 0.335 e. The van der Waals surface area contributed by atoms with Crippen LogP contribution < -0.4 is 4.74 Å². The van der Waals surface area contributed by atoms with Crippen molar-refractivity contribution in [2.75, 3.05) is 6.61 Å². The van der Waals surface area contributed by atoms with Crippen LogP contribution in [0.1, 0.15) is 32.3 Å². The standard InChI is InChI=1S/C20H20N2O3/c1-3-7-18(23)25-21-15-12-24-20-13(15)10-11-17-19(20)14-8-5-6-9-16(14)22(17)4-2/h5-6,8-11H,3-4,7,12H2,1-2H3/b21-15+. The van der Waals surface area contributed by atoms with Crippen LogP contribution in [-0.4, -0.2) is 22.9 Å². The second-order valence-corrected chi connectivity index (χ2v) is 6.14. The highest BCUT2D eigenvalue weighted by Crippen LogP contribution is 2.40. The fourth-order valence-corrected chi connectivity index (χ4v) is 3.48. The Labute approximate surface area is 145 Å². The summed E-state index contributed by atoms with van der Waals surface area (Å²) in [5, 5.41) is 6.30. The van der Waals surface area contributed by atoms with E-state index in [4.69, 9.17) is 9.57 Å². The van der Waals surface area contributed by atoms with Crippen molar-refractivity contribution in [2.24, 2.45) is 5.16 Å². The van der Waals surface area contributed by atoms with Crippen molar-refractivity contribution in [1.82, 2.24) is 4.57 Å². The quantitative estimate of drug-likeness (QED) is 0.528. The topological polar surface area (TPSA) is 52.8 Å². The summed E-state index contributed by atoms with van der Waals surface area (Å²) in [6.45, 7) is 5.28. The van der Waals surface area contributed by atoms with Crippen molar-refractivity contribution >= 4 is 33.5 Å². The lowest BCUT2D eigenvalue weighted by molar-refractivity contribution is -0.143. The molecule has 25 heavy (non-hydrogen) atoms. The lowest BCUT2D eigenvalue weighted by atomic mass is 10.1. The summed E-state index contributed by atoms with van der Waals surface area (Å²) in [6.07, 6.45) is 1.11. The molecule has 4 rings (SSSR count). The molecule has 5 heteroatoms. The summed E-state index contributed by atoms with van der Waals surface area (Å²) in [6, 6.07) is 12.4. The zero-order valence-corrected chi connectivity index (χ0v) is 14.4. The molecule has 0 aliphatic carbocycles. The fourth-order valence-electron chi connectivity index (χ4n) is 3.48. The van der Waals surface area contributed by atoms with Gasteiger partial charge in [-0.2, -0.15) is 0 Å². The Morgan fingerprint density at radius 3 is 2.84 bits per heavy atom. The first-order valence-corrected chi connectivity index (χ1v) is 8.68. The van der Waals surface area contributed by atoms with Crippen LogP contribution in [0.15, 0.2) is 41.6 Å². The van der Waals surface area contributed by atoms with E-state index in [1.54, 1.807) is 0 Å². The van der Waals surface area contributed by atoms with Gasteiger partial charge in [-0.3, -0.25) is 0 Å². The molecule has 0 radical (unpaired) electrons. The van der Waals surface area contributed by atoms with Crippen LogP contribution in [0.3, 0.4) is 0 Å². The minimum absolute atomic E-state index is 0.313. The van der Waals surface area contributed by atoms with Gasteiger partial charge in [0.15, 0.2) is 0 Å². The largest absolute Gasteiger partial charge is 0.486 e. The lowest BCUT2D eigenvalue weighted by Gasteiger charge is -2.04. The molecule has 0 unspecified atom stereocenters. The number of ether oxygens (including phenoxy) is 1. The highest BCUT2D eigenvalue weighted by molar-refractivity contribution is 6.18. The van der Waals surface area contributed by atoms with E-state index in [1.165, 1.54) is 10.9 Å². The summed E-state index contributed by atoms with van der Waals surface area (Å²) in [5.74, 6) is 0.512. The first kappa shape index (κ1) is 15.7. The molecule has 0 spiro atoms. The third-order valence-electron chi connectivity index (χ3n) is 4.58. The average molecular weight is 336 g/mol. The van der Waals surface area contributed by atoms with Crippen molar-refractivity contribution in [3.63, 3.8) is 0 Å². The number of aryl methyl sites for hydroxylation is 1. The van der Waals surface area contributed by atoms with Crippen LogP contribution in [0.4, 0.5) is 0 Å². The van der Waals surface area contributed by atoms with Crippen LogP contribution in [0, 0.1) is 0 Å². The van der Waals surface area contributed by atoms with Crippen LogP contribution in [0.5, 0.6) is 5.75 Å². The predicted molar refractivity (Wildman–Crippen MR) is 98.2 cm³/mol. The van der Waals surface area contributed by atoms with E-state index in [2.05, 4.69) is 40.9 Å². The molecular formula is C20H20N2O3. The third kappa shape index (κ3) is 2.47. The van der Waals surface area contributed by atoms with Gasteiger partial charge in [0.25, 0.3) is 0 Å². The van der Waals surface area contributed by atoms with Gasteiger partial charge in [0.2, 0.25) is 0 Å². The smallest absolute Gasteiger partial charge is 0.335 e. The molecule has 1 aliphatic rings. The van der Waals surface area contributed by atoms with Gasteiger partial charge in [0.1, 0.15) is 18.1 Å². The van der Waals surface area contributed by atoms with Crippen molar-refractivity contribution in [2.45, 2.75) is 33.2 Å². The highest BCUT2D eigenvalue weighted by atomic mass is 16.7. The molecular weight excluding hydrogens is 316 g/mol. The molecule has 2 aromatic carbocycles. The number of benzene rings is 2. The maximum absolute atomic E-state index is 11.6. The van der Waals surface area contributed by atoms with E-state index in [9.17, 15) is 4.79 Å². The minimum Gasteiger partial charge on any atom is -0.486 e. The van der Waals surface area contributed by atoms with E-state index in [-0.39, 0.29) is 5.97 Å². The molecule has 0 atom stereocenters. The SMILES string of the molecule is CCCC(=O)O/N=C1\COc2c1ccc1c2c2ccccc2n1CC. The van der Waals surface area contributed by atoms with Crippen molar-refractivity contribution in [1.29, 1.82) is 0 Å². The molecule has 1 aliphatic heterocycles. The number of para-hydroxylation sites is 1. The number of carbonyl (C=O) groups is 1. The molecule has 0 saturated carbocycles. The van der Waals surface area contributed by atoms with Crippen molar-refractivity contribution in [3.8, 4) is 5.75 Å². The first-order chi connectivity index (χ1) is 12.2. The van der Waals surface area contributed by atoms with Gasteiger partial charge in [0, 0.05) is 29.4 Å². The Morgan fingerprint density at radius 1 is 1.20 bits per heavy atom. The maximum atomic E-state index is 11.6. The van der Waals surface area contributed by atoms with Gasteiger partial charge >= 0.3 is 5.97 Å². The van der Waals surface area contributed by atoms with Gasteiger partial charge in [-0.1, -0.05) is 30.3 Å². The van der Waals surface area contributed by atoms with E-state index in [1.807, 2.05) is 19.1 Å². The highest BCUT2D eigenvalue weighted by Gasteiger charge is 2.26. The van der Waals surface area contributed by atoms with Crippen LogP contribution in [-0.2, 0) is 16.2 Å². The van der Waals surface area contributed by atoms with Crippen LogP contribution >= 0.6 is 0 Å². The lowest BCUT2D eigenvalue weighted by Crippen LogP contribution is -2.06. The number of carbonyl (C=O) groups excluding carboxylic acids is 1. The molecule has 0 fully saturated rings. The first-order valence-electron chi connectivity index (χ1n) is 8.68. The number of oxime groups is 1. The van der Waals surface area contributed by atoms with E-state index < -0.39 is 0 Å². The molecule has 5 nitrogen and oxygen atoms in total. The van der Waals surface area contributed by atoms with Gasteiger partial charge in [-0.15, -0.1) is 0 Å². The van der Waals surface area contributed by atoms with Gasteiger partial charge in [-0.05, 0) is 31.5 Å². The molecule has 3 aromatic rings. The third-order valence-corrected chi connectivity index (χ3v) is 4.58. The Bertz CT molecular complexity index is 1000. The summed E-state index contributed by atoms with van der Waals surface area (Å²) in [7, 11) is 0. The normalized spacial score (nSPS) is 14.9. The summed E-state index contributed by atoms with van der Waals surface area (Å²) in [5.41, 5.74) is 3.90. The van der Waals surface area contributed by atoms with Gasteiger partial charge in [0.05, 0.1) is 10.9 Å². The van der Waals surface area contributed by atoms with Crippen molar-refractivity contribution < 1.29 is 14.4 Å². The Morgan fingerprint density at radius 2 is 2.04 bits per heavy atom. The summed E-state index contributed by atoms with van der Waals surface area (Å²) < 4.78 is 8.23. The zero-order valence-electron chi connectivity index (χ0n) is 14.4. The molecule has 0 saturated heterocycles. The minimum atomic E-state index is -0.313. The van der Waals surface area contributed by atoms with Crippen molar-refractivity contribution in [3.05, 3.63) is 42.0 Å². The Balaban J connectivity index is 1.85. The molecule has 128 valence electrons.